The summed E-state index contributed by atoms with van der Waals surface area (Å²) in [6.07, 6.45) is 0.220. The molecule has 1 heterocycles. The Morgan fingerprint density at radius 2 is 1.88 bits per heavy atom. The average Bonchev–Trinajstić information content (AvgIpc) is 2.73. The smallest absolute Gasteiger partial charge is 0.270 e. The minimum absolute atomic E-state index is 0.00446. The summed E-state index contributed by atoms with van der Waals surface area (Å²) in [7, 11) is -3.40. The first-order valence-corrected chi connectivity index (χ1v) is 11.9. The van der Waals surface area contributed by atoms with Gasteiger partial charge in [0.2, 0.25) is 5.91 Å². The van der Waals surface area contributed by atoms with Gasteiger partial charge in [0.15, 0.2) is 9.84 Å². The lowest BCUT2D eigenvalue weighted by Gasteiger charge is -2.29. The molecule has 2 atom stereocenters. The monoisotopic (exact) mass is 479 g/mol. The van der Waals surface area contributed by atoms with Crippen LogP contribution in [0.5, 0.6) is 0 Å². The minimum atomic E-state index is -3.40. The van der Waals surface area contributed by atoms with Crippen molar-refractivity contribution in [3.63, 3.8) is 0 Å². The van der Waals surface area contributed by atoms with Gasteiger partial charge in [-0.05, 0) is 30.0 Å². The number of sulfone groups is 1. The van der Waals surface area contributed by atoms with E-state index in [-0.39, 0.29) is 39.3 Å². The molecule has 0 fully saturated rings. The third kappa shape index (κ3) is 4.91. The fourth-order valence-corrected chi connectivity index (χ4v) is 5.44. The molecule has 0 aliphatic carbocycles. The first-order valence-electron chi connectivity index (χ1n) is 9.88. The van der Waals surface area contributed by atoms with Gasteiger partial charge in [-0.25, -0.2) is 8.42 Å². The Morgan fingerprint density at radius 1 is 1.19 bits per heavy atom. The van der Waals surface area contributed by atoms with Gasteiger partial charge >= 0.3 is 0 Å². The molecule has 0 bridgehead atoms. The van der Waals surface area contributed by atoms with Crippen LogP contribution in [0.1, 0.15) is 42.2 Å². The summed E-state index contributed by atoms with van der Waals surface area (Å²) >= 11 is 6.03. The van der Waals surface area contributed by atoms with Crippen LogP contribution in [0.2, 0.25) is 5.02 Å². The van der Waals surface area contributed by atoms with Gasteiger partial charge in [-0.3, -0.25) is 19.7 Å². The topological polar surface area (TPSA) is 135 Å². The number of rotatable bonds is 6. The average molecular weight is 480 g/mol. The number of hydrogen-bond donors (Lipinski definition) is 2. The zero-order valence-electron chi connectivity index (χ0n) is 17.4. The van der Waals surface area contributed by atoms with Gasteiger partial charge < -0.3 is 10.6 Å². The summed E-state index contributed by atoms with van der Waals surface area (Å²) in [5, 5.41) is 16.2. The highest BCUT2D eigenvalue weighted by Crippen LogP contribution is 2.32. The molecule has 2 N–H and O–H groups in total. The van der Waals surface area contributed by atoms with Gasteiger partial charge in [0.05, 0.1) is 32.2 Å². The van der Waals surface area contributed by atoms with E-state index in [4.69, 9.17) is 11.6 Å². The second kappa shape index (κ2) is 9.25. The molecule has 2 aromatic carbocycles. The summed E-state index contributed by atoms with van der Waals surface area (Å²) < 4.78 is 24.6. The van der Waals surface area contributed by atoms with Crippen LogP contribution in [0, 0.1) is 16.0 Å². The number of carbonyl (C=O) groups excluding carboxylic acids is 2. The lowest BCUT2D eigenvalue weighted by Crippen LogP contribution is -2.51. The zero-order valence-corrected chi connectivity index (χ0v) is 18.9. The van der Waals surface area contributed by atoms with E-state index in [2.05, 4.69) is 10.6 Å². The number of nitrogens with zero attached hydrogens (tertiary/aromatic N) is 1. The van der Waals surface area contributed by atoms with Crippen LogP contribution in [-0.4, -0.2) is 37.0 Å². The molecular weight excluding hydrogens is 458 g/mol. The number of nitro groups is 1. The lowest BCUT2D eigenvalue weighted by atomic mass is 9.99. The normalized spacial score (nSPS) is 17.8. The summed E-state index contributed by atoms with van der Waals surface area (Å²) in [4.78, 5) is 36.2. The second-order valence-corrected chi connectivity index (χ2v) is 10.3. The predicted octanol–water partition coefficient (Wildman–Crippen LogP) is 3.04. The van der Waals surface area contributed by atoms with Crippen molar-refractivity contribution in [3.05, 3.63) is 68.7 Å². The number of hydrogen-bond acceptors (Lipinski definition) is 6. The third-order valence-electron chi connectivity index (χ3n) is 5.27. The summed E-state index contributed by atoms with van der Waals surface area (Å²) in [5.74, 6) is -1.50. The fourth-order valence-electron chi connectivity index (χ4n) is 3.56. The Labute approximate surface area is 190 Å². The van der Waals surface area contributed by atoms with Gasteiger partial charge in [-0.2, -0.15) is 0 Å². The van der Waals surface area contributed by atoms with Crippen LogP contribution >= 0.6 is 11.6 Å². The summed E-state index contributed by atoms with van der Waals surface area (Å²) in [6.45, 7) is 3.50. The minimum Gasteiger partial charge on any atom is -0.347 e. The molecule has 1 aliphatic rings. The zero-order chi connectivity index (χ0) is 23.6. The van der Waals surface area contributed by atoms with Crippen LogP contribution in [-0.2, 0) is 14.6 Å². The van der Waals surface area contributed by atoms with Crippen molar-refractivity contribution in [1.82, 2.24) is 10.6 Å². The molecule has 2 amide bonds. The molecule has 0 saturated carbocycles. The van der Waals surface area contributed by atoms with E-state index in [0.29, 0.717) is 5.56 Å². The van der Waals surface area contributed by atoms with Gasteiger partial charge in [-0.15, -0.1) is 0 Å². The number of amides is 2. The van der Waals surface area contributed by atoms with E-state index >= 15 is 0 Å². The number of carbonyl (C=O) groups is 2. The molecule has 0 radical (unpaired) electrons. The van der Waals surface area contributed by atoms with E-state index in [1.54, 1.807) is 32.0 Å². The highest BCUT2D eigenvalue weighted by atomic mass is 35.5. The largest absolute Gasteiger partial charge is 0.347 e. The van der Waals surface area contributed by atoms with Crippen molar-refractivity contribution < 1.29 is 22.9 Å². The molecular formula is C21H22ClN3O6S. The van der Waals surface area contributed by atoms with Gasteiger partial charge in [0.25, 0.3) is 11.6 Å². The number of nitrogens with one attached hydrogen (secondary N) is 2. The van der Waals surface area contributed by atoms with Crippen molar-refractivity contribution in [2.24, 2.45) is 5.92 Å². The lowest BCUT2D eigenvalue weighted by molar-refractivity contribution is -0.384. The Hall–Kier alpha value is -2.98. The summed E-state index contributed by atoms with van der Waals surface area (Å²) in [5.41, 5.74) is 0.264. The first kappa shape index (κ1) is 23.7. The van der Waals surface area contributed by atoms with E-state index in [9.17, 15) is 28.1 Å². The van der Waals surface area contributed by atoms with Crippen molar-refractivity contribution >= 4 is 38.9 Å². The molecule has 9 nitrogen and oxygen atoms in total. The highest BCUT2D eigenvalue weighted by molar-refractivity contribution is 7.91. The van der Waals surface area contributed by atoms with Gasteiger partial charge in [0, 0.05) is 12.1 Å². The van der Waals surface area contributed by atoms with Crippen molar-refractivity contribution in [1.29, 1.82) is 0 Å². The number of halogens is 1. The predicted molar refractivity (Wildman–Crippen MR) is 118 cm³/mol. The Morgan fingerprint density at radius 3 is 2.50 bits per heavy atom. The van der Waals surface area contributed by atoms with Gasteiger partial charge in [-0.1, -0.05) is 43.6 Å². The maximum atomic E-state index is 13.0. The maximum absolute atomic E-state index is 13.0. The number of nitro benzene ring substituents is 1. The molecule has 3 rings (SSSR count). The Kier molecular flexibility index (Phi) is 6.85. The molecule has 0 spiro atoms. The van der Waals surface area contributed by atoms with E-state index in [0.717, 1.165) is 12.1 Å². The number of fused-ring (bicyclic) bond motifs is 1. The van der Waals surface area contributed by atoms with Crippen LogP contribution in [0.4, 0.5) is 5.69 Å². The van der Waals surface area contributed by atoms with Crippen LogP contribution < -0.4 is 10.6 Å². The Balaban J connectivity index is 1.79. The van der Waals surface area contributed by atoms with Crippen molar-refractivity contribution in [2.45, 2.75) is 37.2 Å². The number of non-ortho nitro benzene ring substituents is 1. The van der Waals surface area contributed by atoms with Crippen molar-refractivity contribution in [3.8, 4) is 0 Å². The molecule has 0 aromatic heterocycles. The van der Waals surface area contributed by atoms with Crippen molar-refractivity contribution in [2.75, 3.05) is 5.75 Å². The molecule has 11 heteroatoms. The van der Waals surface area contributed by atoms with Gasteiger partial charge in [0.1, 0.15) is 6.04 Å². The van der Waals surface area contributed by atoms with E-state index in [1.807, 2.05) is 0 Å². The third-order valence-corrected chi connectivity index (χ3v) is 7.39. The summed E-state index contributed by atoms with van der Waals surface area (Å²) in [6, 6.07) is 8.53. The Bertz CT molecular complexity index is 1180. The molecule has 0 saturated heterocycles. The fraction of sp³-hybridized carbons (Fsp3) is 0.333. The maximum Gasteiger partial charge on any atom is 0.270 e. The highest BCUT2D eigenvalue weighted by Gasteiger charge is 2.33. The number of benzene rings is 2. The molecule has 0 unspecified atom stereocenters. The van der Waals surface area contributed by atoms with Crippen LogP contribution in [0.3, 0.4) is 0 Å². The molecule has 1 aliphatic heterocycles. The molecule has 2 aromatic rings. The molecule has 32 heavy (non-hydrogen) atoms. The SMILES string of the molecule is CC(C)[C@H](NC(=O)c1ccc([N+](=O)[O-])cc1Cl)C(=O)N[C@@H]1CCS(=O)(=O)c2ccccc21. The van der Waals surface area contributed by atoms with Crippen LogP contribution in [0.25, 0.3) is 0 Å². The molecule has 170 valence electrons. The van der Waals surface area contributed by atoms with E-state index in [1.165, 1.54) is 12.1 Å². The van der Waals surface area contributed by atoms with E-state index < -0.39 is 38.7 Å². The standard InChI is InChI=1S/C21H22ClN3O6S/c1-12(2)19(24-20(26)14-8-7-13(25(28)29)11-16(14)22)21(27)23-17-9-10-32(30,31)18-6-4-3-5-15(17)18/h3-8,11-12,17,19H,9-10H2,1-2H3,(H,23,27)(H,24,26)/t17-,19+/m1/s1. The first-order chi connectivity index (χ1) is 15.0. The quantitative estimate of drug-likeness (QED) is 0.482. The second-order valence-electron chi connectivity index (χ2n) is 7.82. The van der Waals surface area contributed by atoms with Crippen LogP contribution in [0.15, 0.2) is 47.4 Å².